The number of aromatic nitrogens is 2. The molecule has 142 valence electrons. The quantitative estimate of drug-likeness (QED) is 0.773. The second kappa shape index (κ2) is 7.12. The maximum Gasteiger partial charge on any atom is 0.149 e. The smallest absolute Gasteiger partial charge is 0.149 e. The molecule has 0 radical (unpaired) electrons. The van der Waals surface area contributed by atoms with Gasteiger partial charge in [-0.2, -0.15) is 0 Å². The first-order valence-electron chi connectivity index (χ1n) is 10.5. The van der Waals surface area contributed by atoms with Crippen molar-refractivity contribution in [2.24, 2.45) is 0 Å². The van der Waals surface area contributed by atoms with E-state index in [0.717, 1.165) is 55.8 Å². The topological polar surface area (TPSA) is 70.1 Å². The number of rotatable bonds is 3. The molecule has 0 spiro atoms. The van der Waals surface area contributed by atoms with Gasteiger partial charge < -0.3 is 15.7 Å². The van der Waals surface area contributed by atoms with Crippen LogP contribution >= 0.6 is 0 Å². The Morgan fingerprint density at radius 3 is 2.59 bits per heavy atom. The standard InChI is InChI=1S/C22H28N4O/c27-19-11-17(14-7-8-14)10-15-4-1-2-5-16-12-20(25-26-22(16)21(15)19)24-18-6-3-9-23-13-18/h10-12,14,18,23,27H,1-9,13H2,(H,24,25)/t18-/m1/s1. The third-order valence-electron chi connectivity index (χ3n) is 6.17. The van der Waals surface area contributed by atoms with Crippen molar-refractivity contribution < 1.29 is 5.11 Å². The van der Waals surface area contributed by atoms with E-state index in [-0.39, 0.29) is 0 Å². The molecule has 1 aromatic carbocycles. The molecule has 1 saturated heterocycles. The Bertz CT molecular complexity index is 840. The Morgan fingerprint density at radius 2 is 1.81 bits per heavy atom. The number of benzene rings is 1. The van der Waals surface area contributed by atoms with Gasteiger partial charge in [0.2, 0.25) is 0 Å². The summed E-state index contributed by atoms with van der Waals surface area (Å²) in [7, 11) is 0. The van der Waals surface area contributed by atoms with Gasteiger partial charge in [-0.15, -0.1) is 10.2 Å². The fourth-order valence-electron chi connectivity index (χ4n) is 4.55. The first-order chi connectivity index (χ1) is 13.3. The van der Waals surface area contributed by atoms with Crippen LogP contribution < -0.4 is 10.6 Å². The minimum absolute atomic E-state index is 0.379. The zero-order valence-corrected chi connectivity index (χ0v) is 15.8. The SMILES string of the molecule is Oc1cc(C2CC2)cc2c1-c1nnc(N[C@@H]3CCCNC3)cc1CCCC2. The molecule has 5 nitrogen and oxygen atoms in total. The zero-order chi connectivity index (χ0) is 18.2. The summed E-state index contributed by atoms with van der Waals surface area (Å²) in [6.07, 6.45) is 9.16. The van der Waals surface area contributed by atoms with E-state index < -0.39 is 0 Å². The summed E-state index contributed by atoms with van der Waals surface area (Å²) in [5.74, 6) is 1.88. The molecule has 2 aromatic rings. The van der Waals surface area contributed by atoms with Gasteiger partial charge >= 0.3 is 0 Å². The maximum atomic E-state index is 10.8. The Morgan fingerprint density at radius 1 is 0.963 bits per heavy atom. The molecule has 5 rings (SSSR count). The molecule has 1 aliphatic heterocycles. The Hall–Kier alpha value is -2.14. The Balaban J connectivity index is 1.50. The van der Waals surface area contributed by atoms with Crippen molar-refractivity contribution in [3.05, 3.63) is 34.9 Å². The van der Waals surface area contributed by atoms with Crippen molar-refractivity contribution in [2.45, 2.75) is 63.3 Å². The summed E-state index contributed by atoms with van der Waals surface area (Å²) in [4.78, 5) is 0. The molecule has 3 N–H and O–H groups in total. The third kappa shape index (κ3) is 3.53. The molecule has 3 aliphatic rings. The van der Waals surface area contributed by atoms with Gasteiger partial charge in [0, 0.05) is 18.2 Å². The number of aromatic hydroxyl groups is 1. The molecule has 2 aliphatic carbocycles. The summed E-state index contributed by atoms with van der Waals surface area (Å²) in [5.41, 5.74) is 5.52. The van der Waals surface area contributed by atoms with Gasteiger partial charge in [0.25, 0.3) is 0 Å². The van der Waals surface area contributed by atoms with Crippen molar-refractivity contribution in [3.8, 4) is 17.0 Å². The molecular formula is C22H28N4O. The summed E-state index contributed by atoms with van der Waals surface area (Å²) >= 11 is 0. The maximum absolute atomic E-state index is 10.8. The van der Waals surface area contributed by atoms with Crippen LogP contribution in [0.1, 0.15) is 61.1 Å². The predicted octanol–water partition coefficient (Wildman–Crippen LogP) is 3.77. The lowest BCUT2D eigenvalue weighted by Gasteiger charge is -2.25. The Kier molecular flexibility index (Phi) is 4.48. The predicted molar refractivity (Wildman–Crippen MR) is 107 cm³/mol. The molecule has 27 heavy (non-hydrogen) atoms. The van der Waals surface area contributed by atoms with Crippen LogP contribution in [-0.2, 0) is 12.8 Å². The highest BCUT2D eigenvalue weighted by Gasteiger charge is 2.27. The lowest BCUT2D eigenvalue weighted by molar-refractivity contribution is 0.474. The second-order valence-electron chi connectivity index (χ2n) is 8.35. The molecule has 0 unspecified atom stereocenters. The molecule has 2 heterocycles. The van der Waals surface area contributed by atoms with Crippen LogP contribution in [-0.4, -0.2) is 34.4 Å². The third-order valence-corrected chi connectivity index (χ3v) is 6.17. The first kappa shape index (κ1) is 17.0. The molecule has 5 heteroatoms. The van der Waals surface area contributed by atoms with Crippen LogP contribution in [0.5, 0.6) is 5.75 Å². The van der Waals surface area contributed by atoms with Crippen LogP contribution in [0, 0.1) is 0 Å². The number of piperidine rings is 1. The highest BCUT2D eigenvalue weighted by Crippen LogP contribution is 2.45. The molecular weight excluding hydrogens is 336 g/mol. The molecule has 1 saturated carbocycles. The van der Waals surface area contributed by atoms with E-state index in [1.165, 1.54) is 42.4 Å². The van der Waals surface area contributed by atoms with E-state index in [9.17, 15) is 5.11 Å². The molecule has 0 amide bonds. The minimum atomic E-state index is 0.379. The number of nitrogens with one attached hydrogen (secondary N) is 2. The van der Waals surface area contributed by atoms with Crippen LogP contribution in [0.15, 0.2) is 18.2 Å². The van der Waals surface area contributed by atoms with E-state index in [1.807, 2.05) is 6.07 Å². The van der Waals surface area contributed by atoms with Gasteiger partial charge in [-0.1, -0.05) is 6.07 Å². The highest BCUT2D eigenvalue weighted by molar-refractivity contribution is 5.75. The van der Waals surface area contributed by atoms with Crippen molar-refractivity contribution in [1.29, 1.82) is 0 Å². The average molecular weight is 364 g/mol. The van der Waals surface area contributed by atoms with Crippen molar-refractivity contribution in [2.75, 3.05) is 18.4 Å². The number of nitrogens with zero attached hydrogens (tertiary/aromatic N) is 2. The average Bonchev–Trinajstić information content (AvgIpc) is 3.50. The van der Waals surface area contributed by atoms with Crippen LogP contribution in [0.2, 0.25) is 0 Å². The molecule has 1 atom stereocenters. The molecule has 2 fully saturated rings. The molecule has 1 aromatic heterocycles. The fourth-order valence-corrected chi connectivity index (χ4v) is 4.55. The van der Waals surface area contributed by atoms with E-state index in [1.54, 1.807) is 0 Å². The number of anilines is 1. The van der Waals surface area contributed by atoms with Crippen molar-refractivity contribution in [3.63, 3.8) is 0 Å². The summed E-state index contributed by atoms with van der Waals surface area (Å²) in [6, 6.07) is 6.84. The van der Waals surface area contributed by atoms with E-state index >= 15 is 0 Å². The number of phenolic OH excluding ortho intramolecular Hbond substituents is 1. The van der Waals surface area contributed by atoms with Crippen LogP contribution in [0.4, 0.5) is 5.82 Å². The van der Waals surface area contributed by atoms with E-state index in [0.29, 0.717) is 17.7 Å². The van der Waals surface area contributed by atoms with Gasteiger partial charge in [-0.25, -0.2) is 0 Å². The highest BCUT2D eigenvalue weighted by atomic mass is 16.3. The van der Waals surface area contributed by atoms with E-state index in [2.05, 4.69) is 33.0 Å². The number of phenols is 1. The lowest BCUT2D eigenvalue weighted by atomic mass is 9.89. The van der Waals surface area contributed by atoms with Crippen molar-refractivity contribution in [1.82, 2.24) is 15.5 Å². The minimum Gasteiger partial charge on any atom is -0.507 e. The molecule has 0 bridgehead atoms. The summed E-state index contributed by atoms with van der Waals surface area (Å²) in [5, 5.41) is 26.8. The largest absolute Gasteiger partial charge is 0.507 e. The van der Waals surface area contributed by atoms with Crippen LogP contribution in [0.3, 0.4) is 0 Å². The van der Waals surface area contributed by atoms with Gasteiger partial charge in [0.05, 0.1) is 0 Å². The monoisotopic (exact) mass is 364 g/mol. The van der Waals surface area contributed by atoms with Gasteiger partial charge in [-0.05, 0) is 92.7 Å². The van der Waals surface area contributed by atoms with Gasteiger partial charge in [0.15, 0.2) is 0 Å². The number of hydrogen-bond donors (Lipinski definition) is 3. The normalized spacial score (nSPS) is 22.3. The lowest BCUT2D eigenvalue weighted by Crippen LogP contribution is -2.38. The summed E-state index contributed by atoms with van der Waals surface area (Å²) in [6.45, 7) is 2.08. The van der Waals surface area contributed by atoms with Gasteiger partial charge in [0.1, 0.15) is 17.3 Å². The van der Waals surface area contributed by atoms with E-state index in [4.69, 9.17) is 0 Å². The number of fused-ring (bicyclic) bond motifs is 3. The number of aryl methyl sites for hydroxylation is 2. The van der Waals surface area contributed by atoms with Crippen molar-refractivity contribution >= 4 is 5.82 Å². The Labute approximate surface area is 160 Å². The summed E-state index contributed by atoms with van der Waals surface area (Å²) < 4.78 is 0. The second-order valence-corrected chi connectivity index (χ2v) is 8.35. The first-order valence-corrected chi connectivity index (χ1v) is 10.5. The van der Waals surface area contributed by atoms with Gasteiger partial charge in [-0.3, -0.25) is 0 Å². The zero-order valence-electron chi connectivity index (χ0n) is 15.8. The number of hydrogen-bond acceptors (Lipinski definition) is 5. The van der Waals surface area contributed by atoms with Crippen LogP contribution in [0.25, 0.3) is 11.3 Å². The fraction of sp³-hybridized carbons (Fsp3) is 0.545.